The van der Waals surface area contributed by atoms with E-state index in [4.69, 9.17) is 23.2 Å². The second kappa shape index (κ2) is 9.66. The number of aromatic nitrogens is 3. The Balaban J connectivity index is 1.60. The molecule has 0 fully saturated rings. The van der Waals surface area contributed by atoms with Crippen LogP contribution in [0.4, 0.5) is 0 Å². The van der Waals surface area contributed by atoms with E-state index in [1.165, 1.54) is 5.56 Å². The van der Waals surface area contributed by atoms with Gasteiger partial charge in [0.1, 0.15) is 5.15 Å². The summed E-state index contributed by atoms with van der Waals surface area (Å²) in [5.41, 5.74) is 3.25. The molecule has 8 heteroatoms. The van der Waals surface area contributed by atoms with Crippen molar-refractivity contribution in [3.8, 4) is 0 Å². The number of halogens is 2. The molecule has 0 radical (unpaired) electrons. The highest BCUT2D eigenvalue weighted by Gasteiger charge is 2.09. The van der Waals surface area contributed by atoms with Crippen molar-refractivity contribution in [1.29, 1.82) is 0 Å². The largest absolute Gasteiger partial charge is 0.357 e. The monoisotopic (exact) mass is 418 g/mol. The number of aliphatic imine (C=N–C) groups is 1. The van der Waals surface area contributed by atoms with Gasteiger partial charge in [0.2, 0.25) is 0 Å². The third-order valence-electron chi connectivity index (χ3n) is 4.29. The predicted octanol–water partition coefficient (Wildman–Crippen LogP) is 3.83. The van der Waals surface area contributed by atoms with E-state index < -0.39 is 0 Å². The number of benzene rings is 1. The highest BCUT2D eigenvalue weighted by molar-refractivity contribution is 6.41. The van der Waals surface area contributed by atoms with E-state index in [0.717, 1.165) is 30.3 Å². The van der Waals surface area contributed by atoms with Gasteiger partial charge in [-0.2, -0.15) is 5.10 Å². The average Bonchev–Trinajstić information content (AvgIpc) is 3.24. The summed E-state index contributed by atoms with van der Waals surface area (Å²) >= 11 is 12.2. The summed E-state index contributed by atoms with van der Waals surface area (Å²) in [4.78, 5) is 4.64. The van der Waals surface area contributed by atoms with E-state index in [-0.39, 0.29) is 0 Å². The first kappa shape index (κ1) is 20.3. The Morgan fingerprint density at radius 1 is 1.14 bits per heavy atom. The van der Waals surface area contributed by atoms with Gasteiger partial charge < -0.3 is 15.2 Å². The lowest BCUT2D eigenvalue weighted by Crippen LogP contribution is -2.37. The zero-order chi connectivity index (χ0) is 19.9. The third-order valence-corrected chi connectivity index (χ3v) is 5.13. The lowest BCUT2D eigenvalue weighted by Gasteiger charge is -2.11. The predicted molar refractivity (Wildman–Crippen MR) is 115 cm³/mol. The van der Waals surface area contributed by atoms with Crippen molar-refractivity contribution in [1.82, 2.24) is 25.0 Å². The second-order valence-electron chi connectivity index (χ2n) is 6.41. The summed E-state index contributed by atoms with van der Waals surface area (Å²) in [6, 6.07) is 12.1. The number of rotatable bonds is 7. The highest BCUT2D eigenvalue weighted by atomic mass is 35.5. The van der Waals surface area contributed by atoms with Crippen LogP contribution in [0.3, 0.4) is 0 Å². The highest BCUT2D eigenvalue weighted by Crippen LogP contribution is 2.24. The van der Waals surface area contributed by atoms with E-state index >= 15 is 0 Å². The molecule has 3 aromatic rings. The van der Waals surface area contributed by atoms with Crippen LogP contribution in [0.15, 0.2) is 53.8 Å². The van der Waals surface area contributed by atoms with Gasteiger partial charge in [0, 0.05) is 31.0 Å². The molecule has 2 aromatic heterocycles. The van der Waals surface area contributed by atoms with Crippen LogP contribution in [-0.2, 0) is 26.7 Å². The fraction of sp³-hybridized carbons (Fsp3) is 0.300. The summed E-state index contributed by atoms with van der Waals surface area (Å²) in [6.45, 7) is 4.66. The standard InChI is InChI=1S/C20H24Cl2N6/c1-3-23-20(25-12-17-9-18(21)19(22)27(17)2)24-10-16-11-26-28(14-16)13-15-7-5-4-6-8-15/h4-9,11,14H,3,10,12-13H2,1-2H3,(H2,23,24,25). The van der Waals surface area contributed by atoms with Gasteiger partial charge in [-0.1, -0.05) is 53.5 Å². The van der Waals surface area contributed by atoms with Gasteiger partial charge in [-0.3, -0.25) is 4.68 Å². The maximum absolute atomic E-state index is 6.12. The topological polar surface area (TPSA) is 59.2 Å². The van der Waals surface area contributed by atoms with Crippen molar-refractivity contribution >= 4 is 29.2 Å². The molecule has 28 heavy (non-hydrogen) atoms. The van der Waals surface area contributed by atoms with Crippen LogP contribution in [-0.4, -0.2) is 26.9 Å². The fourth-order valence-electron chi connectivity index (χ4n) is 2.79. The fourth-order valence-corrected chi connectivity index (χ4v) is 3.21. The minimum Gasteiger partial charge on any atom is -0.357 e. The molecule has 2 heterocycles. The maximum atomic E-state index is 6.12. The molecule has 0 saturated heterocycles. The van der Waals surface area contributed by atoms with Crippen LogP contribution < -0.4 is 10.6 Å². The molecule has 0 aliphatic carbocycles. The van der Waals surface area contributed by atoms with Gasteiger partial charge in [0.25, 0.3) is 0 Å². The van der Waals surface area contributed by atoms with E-state index in [2.05, 4.69) is 32.9 Å². The first-order valence-corrected chi connectivity index (χ1v) is 9.89. The first-order valence-electron chi connectivity index (χ1n) is 9.14. The summed E-state index contributed by atoms with van der Waals surface area (Å²) in [6.07, 6.45) is 3.88. The average molecular weight is 419 g/mol. The SMILES string of the molecule is CCNC(=NCc1cnn(Cc2ccccc2)c1)NCc1cc(Cl)c(Cl)n1C. The molecular weight excluding hydrogens is 395 g/mol. The normalized spacial score (nSPS) is 11.6. The van der Waals surface area contributed by atoms with Crippen LogP contribution in [0.5, 0.6) is 0 Å². The van der Waals surface area contributed by atoms with E-state index in [1.54, 1.807) is 0 Å². The molecule has 0 aliphatic heterocycles. The van der Waals surface area contributed by atoms with Gasteiger partial charge in [-0.25, -0.2) is 4.99 Å². The van der Waals surface area contributed by atoms with Crippen molar-refractivity contribution in [2.75, 3.05) is 6.54 Å². The smallest absolute Gasteiger partial charge is 0.191 e. The Hall–Kier alpha value is -2.44. The lowest BCUT2D eigenvalue weighted by molar-refractivity contribution is 0.686. The van der Waals surface area contributed by atoms with Gasteiger partial charge >= 0.3 is 0 Å². The third kappa shape index (κ3) is 5.30. The quantitative estimate of drug-likeness (QED) is 0.452. The van der Waals surface area contributed by atoms with Crippen molar-refractivity contribution in [2.45, 2.75) is 26.6 Å². The summed E-state index contributed by atoms with van der Waals surface area (Å²) < 4.78 is 3.78. The van der Waals surface area contributed by atoms with Crippen LogP contribution in [0.25, 0.3) is 0 Å². The molecule has 0 bridgehead atoms. The Kier molecular flexibility index (Phi) is 7.01. The molecule has 148 valence electrons. The molecule has 1 aromatic carbocycles. The van der Waals surface area contributed by atoms with Crippen LogP contribution in [0.2, 0.25) is 10.2 Å². The summed E-state index contributed by atoms with van der Waals surface area (Å²) in [5.74, 6) is 0.728. The molecule has 0 aliphatic rings. The second-order valence-corrected chi connectivity index (χ2v) is 7.18. The summed E-state index contributed by atoms with van der Waals surface area (Å²) in [7, 11) is 1.89. The Morgan fingerprint density at radius 3 is 2.61 bits per heavy atom. The van der Waals surface area contributed by atoms with Crippen molar-refractivity contribution < 1.29 is 0 Å². The van der Waals surface area contributed by atoms with Crippen LogP contribution in [0, 0.1) is 0 Å². The number of hydrogen-bond acceptors (Lipinski definition) is 2. The van der Waals surface area contributed by atoms with Gasteiger partial charge in [-0.05, 0) is 18.6 Å². The Bertz CT molecular complexity index is 930. The number of guanidine groups is 1. The van der Waals surface area contributed by atoms with Gasteiger partial charge in [-0.15, -0.1) is 0 Å². The molecule has 0 unspecified atom stereocenters. The zero-order valence-electron chi connectivity index (χ0n) is 16.0. The Morgan fingerprint density at radius 2 is 1.93 bits per heavy atom. The molecule has 0 spiro atoms. The minimum absolute atomic E-state index is 0.534. The molecule has 3 rings (SSSR count). The molecule has 0 saturated carbocycles. The summed E-state index contributed by atoms with van der Waals surface area (Å²) in [5, 5.41) is 12.1. The first-order chi connectivity index (χ1) is 13.6. The number of nitrogens with one attached hydrogen (secondary N) is 2. The molecule has 6 nitrogen and oxygen atoms in total. The molecule has 2 N–H and O–H groups in total. The van der Waals surface area contributed by atoms with E-state index in [9.17, 15) is 0 Å². The van der Waals surface area contributed by atoms with Crippen molar-refractivity contribution in [3.05, 3.63) is 75.8 Å². The molecular formula is C20H24Cl2N6. The molecule has 0 amide bonds. The van der Waals surface area contributed by atoms with Gasteiger partial charge in [0.05, 0.1) is 30.9 Å². The van der Waals surface area contributed by atoms with Crippen LogP contribution >= 0.6 is 23.2 Å². The lowest BCUT2D eigenvalue weighted by atomic mass is 10.2. The molecule has 0 atom stereocenters. The zero-order valence-corrected chi connectivity index (χ0v) is 17.5. The van der Waals surface area contributed by atoms with Crippen LogP contribution in [0.1, 0.15) is 23.7 Å². The van der Waals surface area contributed by atoms with Crippen molar-refractivity contribution in [3.63, 3.8) is 0 Å². The van der Waals surface area contributed by atoms with E-state index in [0.29, 0.717) is 23.3 Å². The van der Waals surface area contributed by atoms with Gasteiger partial charge in [0.15, 0.2) is 5.96 Å². The van der Waals surface area contributed by atoms with E-state index in [1.807, 2.05) is 59.9 Å². The van der Waals surface area contributed by atoms with Crippen molar-refractivity contribution in [2.24, 2.45) is 12.0 Å². The minimum atomic E-state index is 0.534. The number of nitrogens with zero attached hydrogens (tertiary/aromatic N) is 4. The number of hydrogen-bond donors (Lipinski definition) is 2. The maximum Gasteiger partial charge on any atom is 0.191 e. The Labute approximate surface area is 175 Å².